The summed E-state index contributed by atoms with van der Waals surface area (Å²) < 4.78 is 16.8. The topological polar surface area (TPSA) is 89.1 Å². The van der Waals surface area contributed by atoms with E-state index in [1.807, 2.05) is 48.5 Å². The lowest BCUT2D eigenvalue weighted by Crippen LogP contribution is -2.37. The molecule has 2 amide bonds. The highest BCUT2D eigenvalue weighted by atomic mass is 16.5. The van der Waals surface area contributed by atoms with Crippen LogP contribution in [0.1, 0.15) is 41.5 Å². The molecule has 0 saturated carbocycles. The molecule has 0 radical (unpaired) electrons. The summed E-state index contributed by atoms with van der Waals surface area (Å²) >= 11 is 0. The number of nitrogens with one attached hydrogen (secondary N) is 2. The molecule has 212 valence electrons. The van der Waals surface area contributed by atoms with E-state index in [9.17, 15) is 9.59 Å². The van der Waals surface area contributed by atoms with Crippen molar-refractivity contribution >= 4 is 11.8 Å². The Bertz CT molecular complexity index is 1240. The van der Waals surface area contributed by atoms with Crippen molar-refractivity contribution in [2.75, 3.05) is 33.9 Å². The average molecular weight is 546 g/mol. The zero-order chi connectivity index (χ0) is 28.2. The number of fused-ring (bicyclic) bond motifs is 1. The van der Waals surface area contributed by atoms with Gasteiger partial charge in [0.2, 0.25) is 11.8 Å². The van der Waals surface area contributed by atoms with Gasteiger partial charge in [0.1, 0.15) is 17.2 Å². The number of amides is 2. The molecule has 0 atom stereocenters. The minimum atomic E-state index is -0.0900. The van der Waals surface area contributed by atoms with Crippen LogP contribution in [0.3, 0.4) is 0 Å². The van der Waals surface area contributed by atoms with Gasteiger partial charge in [-0.15, -0.1) is 0 Å². The van der Waals surface area contributed by atoms with Crippen LogP contribution in [-0.4, -0.2) is 50.6 Å². The fourth-order valence-corrected chi connectivity index (χ4v) is 4.75. The lowest BCUT2D eigenvalue weighted by atomic mass is 10.1. The molecule has 0 spiro atoms. The van der Waals surface area contributed by atoms with Gasteiger partial charge in [-0.3, -0.25) is 14.5 Å². The van der Waals surface area contributed by atoms with Gasteiger partial charge in [-0.25, -0.2) is 0 Å². The first-order valence-corrected chi connectivity index (χ1v) is 13.8. The van der Waals surface area contributed by atoms with Gasteiger partial charge in [0.05, 0.1) is 33.8 Å². The minimum Gasteiger partial charge on any atom is -0.497 e. The fraction of sp³-hybridized carbons (Fsp3) is 0.375. The van der Waals surface area contributed by atoms with Crippen molar-refractivity contribution in [3.63, 3.8) is 0 Å². The molecule has 40 heavy (non-hydrogen) atoms. The van der Waals surface area contributed by atoms with Crippen LogP contribution < -0.4 is 24.8 Å². The maximum absolute atomic E-state index is 12.9. The first-order valence-electron chi connectivity index (χ1n) is 13.8. The molecule has 1 aliphatic rings. The Balaban J connectivity index is 1.49. The second-order valence-corrected chi connectivity index (χ2v) is 10.0. The highest BCUT2D eigenvalue weighted by Gasteiger charge is 2.17. The Morgan fingerprint density at radius 2 is 1.68 bits per heavy atom. The van der Waals surface area contributed by atoms with E-state index < -0.39 is 0 Å². The molecule has 0 unspecified atom stereocenters. The average Bonchev–Trinajstić information content (AvgIpc) is 2.97. The smallest absolute Gasteiger partial charge is 0.234 e. The predicted molar refractivity (Wildman–Crippen MR) is 154 cm³/mol. The van der Waals surface area contributed by atoms with E-state index in [1.54, 1.807) is 20.3 Å². The highest BCUT2D eigenvalue weighted by molar-refractivity contribution is 5.79. The zero-order valence-corrected chi connectivity index (χ0v) is 23.4. The van der Waals surface area contributed by atoms with E-state index in [-0.39, 0.29) is 24.8 Å². The molecule has 0 saturated heterocycles. The molecule has 4 rings (SSSR count). The first-order chi connectivity index (χ1) is 19.5. The Kier molecular flexibility index (Phi) is 10.8. The van der Waals surface area contributed by atoms with E-state index >= 15 is 0 Å². The van der Waals surface area contributed by atoms with Crippen LogP contribution >= 0.6 is 0 Å². The van der Waals surface area contributed by atoms with Gasteiger partial charge in [-0.2, -0.15) is 0 Å². The van der Waals surface area contributed by atoms with Crippen LogP contribution in [0.4, 0.5) is 0 Å². The van der Waals surface area contributed by atoms with Crippen molar-refractivity contribution in [3.8, 4) is 17.2 Å². The number of ether oxygens (including phenoxy) is 3. The van der Waals surface area contributed by atoms with Gasteiger partial charge in [0.15, 0.2) is 0 Å². The van der Waals surface area contributed by atoms with Crippen molar-refractivity contribution in [1.82, 2.24) is 15.5 Å². The molecule has 0 bridgehead atoms. The van der Waals surface area contributed by atoms with Crippen molar-refractivity contribution in [1.29, 1.82) is 0 Å². The van der Waals surface area contributed by atoms with Gasteiger partial charge in [0.25, 0.3) is 0 Å². The summed E-state index contributed by atoms with van der Waals surface area (Å²) in [6.45, 7) is 3.08. The number of hydrogen-bond donors (Lipinski definition) is 2. The molecule has 3 aromatic rings. The number of nitrogens with zero attached hydrogens (tertiary/aromatic N) is 1. The summed E-state index contributed by atoms with van der Waals surface area (Å²) in [5.74, 6) is 2.07. The Labute approximate surface area is 236 Å². The third kappa shape index (κ3) is 9.02. The van der Waals surface area contributed by atoms with Gasteiger partial charge in [-0.1, -0.05) is 42.5 Å². The standard InChI is InChI=1S/C32H39N3O5/c1-38-28-16-26(17-29(19-28)39-2)20-34-31(36)18-25-11-12-30-27(15-25)22-35(21-24-9-5-3-6-10-24)23-32(37)33-13-7-4-8-14-40-30/h3,5-6,9-12,15-17,19H,4,7-8,13-14,18,20-23H2,1-2H3,(H,33,37)(H,34,36). The minimum absolute atomic E-state index is 0.0161. The number of hydrogen-bond acceptors (Lipinski definition) is 6. The molecule has 3 aromatic carbocycles. The molecular weight excluding hydrogens is 506 g/mol. The molecule has 2 N–H and O–H groups in total. The van der Waals surface area contributed by atoms with Crippen LogP contribution in [-0.2, 0) is 35.6 Å². The third-order valence-corrected chi connectivity index (χ3v) is 6.80. The van der Waals surface area contributed by atoms with E-state index in [0.29, 0.717) is 44.3 Å². The fourth-order valence-electron chi connectivity index (χ4n) is 4.75. The number of rotatable bonds is 8. The first kappa shape index (κ1) is 29.0. The zero-order valence-electron chi connectivity index (χ0n) is 23.4. The van der Waals surface area contributed by atoms with Crippen molar-refractivity contribution in [3.05, 3.63) is 89.0 Å². The van der Waals surface area contributed by atoms with Gasteiger partial charge >= 0.3 is 0 Å². The molecule has 1 aliphatic heterocycles. The lowest BCUT2D eigenvalue weighted by molar-refractivity contribution is -0.122. The van der Waals surface area contributed by atoms with Gasteiger partial charge < -0.3 is 24.8 Å². The lowest BCUT2D eigenvalue weighted by Gasteiger charge is -2.23. The quantitative estimate of drug-likeness (QED) is 0.440. The molecule has 0 aliphatic carbocycles. The molecule has 8 heteroatoms. The van der Waals surface area contributed by atoms with Crippen LogP contribution in [0.2, 0.25) is 0 Å². The summed E-state index contributed by atoms with van der Waals surface area (Å²) in [5.41, 5.74) is 3.87. The van der Waals surface area contributed by atoms with E-state index in [2.05, 4.69) is 27.7 Å². The van der Waals surface area contributed by atoms with E-state index in [0.717, 1.165) is 47.3 Å². The largest absolute Gasteiger partial charge is 0.497 e. The molecule has 0 fully saturated rings. The Hall–Kier alpha value is -4.04. The van der Waals surface area contributed by atoms with Crippen molar-refractivity contribution < 1.29 is 23.8 Å². The summed E-state index contributed by atoms with van der Waals surface area (Å²) in [7, 11) is 3.20. The van der Waals surface area contributed by atoms with Crippen LogP contribution in [0.25, 0.3) is 0 Å². The number of carbonyl (C=O) groups excluding carboxylic acids is 2. The number of methoxy groups -OCH3 is 2. The van der Waals surface area contributed by atoms with E-state index in [4.69, 9.17) is 14.2 Å². The molecule has 8 nitrogen and oxygen atoms in total. The summed E-state index contributed by atoms with van der Waals surface area (Å²) in [6.07, 6.45) is 3.06. The number of carbonyl (C=O) groups is 2. The normalized spacial score (nSPS) is 14.8. The second kappa shape index (κ2) is 14.9. The summed E-state index contributed by atoms with van der Waals surface area (Å²) in [6, 6.07) is 21.6. The molecule has 1 heterocycles. The second-order valence-electron chi connectivity index (χ2n) is 10.0. The Morgan fingerprint density at radius 1 is 0.900 bits per heavy atom. The van der Waals surface area contributed by atoms with Crippen LogP contribution in [0.5, 0.6) is 17.2 Å². The third-order valence-electron chi connectivity index (χ3n) is 6.80. The highest BCUT2D eigenvalue weighted by Crippen LogP contribution is 2.25. The van der Waals surface area contributed by atoms with E-state index in [1.165, 1.54) is 0 Å². The predicted octanol–water partition coefficient (Wildman–Crippen LogP) is 4.24. The maximum atomic E-state index is 12.9. The summed E-state index contributed by atoms with van der Waals surface area (Å²) in [5, 5.41) is 6.05. The van der Waals surface area contributed by atoms with Gasteiger partial charge in [0, 0.05) is 37.8 Å². The maximum Gasteiger partial charge on any atom is 0.234 e. The van der Waals surface area contributed by atoms with Crippen molar-refractivity contribution in [2.24, 2.45) is 0 Å². The Morgan fingerprint density at radius 3 is 2.42 bits per heavy atom. The number of benzene rings is 3. The molecular formula is C32H39N3O5. The van der Waals surface area contributed by atoms with Crippen LogP contribution in [0.15, 0.2) is 66.7 Å². The SMILES string of the molecule is COc1cc(CNC(=O)Cc2ccc3c(c2)CN(Cc2ccccc2)CC(=O)NCCCCCO3)cc(OC)c1. The molecule has 0 aromatic heterocycles. The summed E-state index contributed by atoms with van der Waals surface area (Å²) in [4.78, 5) is 27.7. The monoisotopic (exact) mass is 545 g/mol. The van der Waals surface area contributed by atoms with Crippen LogP contribution in [0, 0.1) is 0 Å². The van der Waals surface area contributed by atoms with Crippen molar-refractivity contribution in [2.45, 2.75) is 45.3 Å². The van der Waals surface area contributed by atoms with Gasteiger partial charge in [-0.05, 0) is 54.2 Å².